The molecule has 26 heavy (non-hydrogen) atoms. The van der Waals surface area contributed by atoms with Crippen LogP contribution in [0.1, 0.15) is 29.3 Å². The number of hydrogen-bond acceptors (Lipinski definition) is 4. The van der Waals surface area contributed by atoms with Gasteiger partial charge in [0.15, 0.2) is 5.82 Å². The number of amides is 1. The molecule has 132 valence electrons. The predicted molar refractivity (Wildman–Crippen MR) is 100 cm³/mol. The zero-order valence-corrected chi connectivity index (χ0v) is 15.3. The number of rotatable bonds is 3. The van der Waals surface area contributed by atoms with Crippen LogP contribution < -0.4 is 4.90 Å². The predicted octanol–water partition coefficient (Wildman–Crippen LogP) is 4.53. The standard InChI is InChI=1S/C20H18ClN3O2/c1-12-7-13(2)9-14(8-12)20-22-19(23-26-20)15-10-18(25)24(11-15)17-5-3-16(21)4-6-17/h3-9,15H,10-11H2,1-2H3. The van der Waals surface area contributed by atoms with Crippen LogP contribution in [0.3, 0.4) is 0 Å². The highest BCUT2D eigenvalue weighted by Crippen LogP contribution is 2.32. The zero-order valence-electron chi connectivity index (χ0n) is 14.6. The molecule has 4 rings (SSSR count). The molecular weight excluding hydrogens is 350 g/mol. The number of anilines is 1. The lowest BCUT2D eigenvalue weighted by Gasteiger charge is -2.16. The first-order valence-electron chi connectivity index (χ1n) is 8.48. The van der Waals surface area contributed by atoms with Crippen molar-refractivity contribution in [2.75, 3.05) is 11.4 Å². The summed E-state index contributed by atoms with van der Waals surface area (Å²) in [6, 6.07) is 13.4. The third-order valence-electron chi connectivity index (χ3n) is 4.54. The van der Waals surface area contributed by atoms with Gasteiger partial charge < -0.3 is 9.42 Å². The van der Waals surface area contributed by atoms with E-state index in [9.17, 15) is 4.79 Å². The SMILES string of the molecule is Cc1cc(C)cc(-c2nc(C3CC(=O)N(c4ccc(Cl)cc4)C3)no2)c1. The van der Waals surface area contributed by atoms with Crippen molar-refractivity contribution in [2.45, 2.75) is 26.2 Å². The van der Waals surface area contributed by atoms with E-state index in [2.05, 4.69) is 16.2 Å². The molecule has 1 amide bonds. The summed E-state index contributed by atoms with van der Waals surface area (Å²) >= 11 is 5.93. The number of nitrogens with zero attached hydrogens (tertiary/aromatic N) is 3. The third-order valence-corrected chi connectivity index (χ3v) is 4.79. The van der Waals surface area contributed by atoms with Crippen LogP contribution in [-0.4, -0.2) is 22.6 Å². The summed E-state index contributed by atoms with van der Waals surface area (Å²) in [5.74, 6) is 1.03. The maximum absolute atomic E-state index is 12.4. The maximum Gasteiger partial charge on any atom is 0.257 e. The van der Waals surface area contributed by atoms with Gasteiger partial charge in [0.1, 0.15) is 0 Å². The van der Waals surface area contributed by atoms with E-state index in [1.807, 2.05) is 38.1 Å². The van der Waals surface area contributed by atoms with Crippen LogP contribution in [0.2, 0.25) is 5.02 Å². The number of benzene rings is 2. The number of halogens is 1. The third kappa shape index (κ3) is 3.22. The molecule has 1 atom stereocenters. The van der Waals surface area contributed by atoms with Crippen LogP contribution in [0.4, 0.5) is 5.69 Å². The van der Waals surface area contributed by atoms with Crippen molar-refractivity contribution in [2.24, 2.45) is 0 Å². The molecule has 0 saturated carbocycles. The quantitative estimate of drug-likeness (QED) is 0.682. The van der Waals surface area contributed by atoms with Gasteiger partial charge in [-0.3, -0.25) is 4.79 Å². The Morgan fingerprint density at radius 3 is 2.50 bits per heavy atom. The van der Waals surface area contributed by atoms with Gasteiger partial charge in [-0.05, 0) is 50.2 Å². The minimum Gasteiger partial charge on any atom is -0.334 e. The molecular formula is C20H18ClN3O2. The Hall–Kier alpha value is -2.66. The van der Waals surface area contributed by atoms with Gasteiger partial charge in [0.05, 0.1) is 0 Å². The van der Waals surface area contributed by atoms with Crippen molar-refractivity contribution in [3.63, 3.8) is 0 Å². The molecule has 1 aliphatic heterocycles. The Labute approximate surface area is 156 Å². The van der Waals surface area contributed by atoms with Gasteiger partial charge in [0, 0.05) is 35.2 Å². The summed E-state index contributed by atoms with van der Waals surface area (Å²) in [7, 11) is 0. The number of aromatic nitrogens is 2. The first kappa shape index (κ1) is 16.8. The molecule has 1 aliphatic rings. The second kappa shape index (κ2) is 6.57. The van der Waals surface area contributed by atoms with E-state index in [1.54, 1.807) is 17.0 Å². The fraction of sp³-hybridized carbons (Fsp3) is 0.250. The number of carbonyl (C=O) groups is 1. The monoisotopic (exact) mass is 367 g/mol. The molecule has 1 aromatic heterocycles. The summed E-state index contributed by atoms with van der Waals surface area (Å²) in [6.45, 7) is 4.60. The second-order valence-electron chi connectivity index (χ2n) is 6.72. The van der Waals surface area contributed by atoms with Gasteiger partial charge in [-0.25, -0.2) is 0 Å². The molecule has 0 aliphatic carbocycles. The average Bonchev–Trinajstić information content (AvgIpc) is 3.22. The molecule has 3 aromatic rings. The maximum atomic E-state index is 12.4. The largest absolute Gasteiger partial charge is 0.334 e. The van der Waals surface area contributed by atoms with Crippen molar-refractivity contribution in [3.05, 3.63) is 64.4 Å². The second-order valence-corrected chi connectivity index (χ2v) is 7.15. The number of carbonyl (C=O) groups excluding carboxylic acids is 1. The van der Waals surface area contributed by atoms with Crippen molar-refractivity contribution < 1.29 is 9.32 Å². The first-order valence-corrected chi connectivity index (χ1v) is 8.85. The Kier molecular flexibility index (Phi) is 4.24. The lowest BCUT2D eigenvalue weighted by Crippen LogP contribution is -2.24. The van der Waals surface area contributed by atoms with Crippen molar-refractivity contribution >= 4 is 23.2 Å². The number of hydrogen-bond donors (Lipinski definition) is 0. The summed E-state index contributed by atoms with van der Waals surface area (Å²) in [6.07, 6.45) is 0.369. The topological polar surface area (TPSA) is 59.2 Å². The van der Waals surface area contributed by atoms with Crippen LogP contribution in [0, 0.1) is 13.8 Å². The van der Waals surface area contributed by atoms with Gasteiger partial charge in [0.25, 0.3) is 5.89 Å². The molecule has 0 radical (unpaired) electrons. The normalized spacial score (nSPS) is 17.1. The lowest BCUT2D eigenvalue weighted by molar-refractivity contribution is -0.117. The minimum atomic E-state index is -0.0819. The van der Waals surface area contributed by atoms with Gasteiger partial charge >= 0.3 is 0 Å². The molecule has 2 heterocycles. The summed E-state index contributed by atoms with van der Waals surface area (Å²) in [5.41, 5.74) is 4.02. The van der Waals surface area contributed by atoms with Crippen LogP contribution in [0.5, 0.6) is 0 Å². The molecule has 2 aromatic carbocycles. The number of aryl methyl sites for hydroxylation is 2. The molecule has 6 heteroatoms. The zero-order chi connectivity index (χ0) is 18.3. The summed E-state index contributed by atoms with van der Waals surface area (Å²) < 4.78 is 5.46. The van der Waals surface area contributed by atoms with E-state index in [-0.39, 0.29) is 11.8 Å². The Balaban J connectivity index is 1.56. The van der Waals surface area contributed by atoms with E-state index < -0.39 is 0 Å². The molecule has 0 N–H and O–H groups in total. The van der Waals surface area contributed by atoms with Crippen molar-refractivity contribution in [3.8, 4) is 11.5 Å². The van der Waals surface area contributed by atoms with Gasteiger partial charge in [-0.15, -0.1) is 0 Å². The highest BCUT2D eigenvalue weighted by molar-refractivity contribution is 6.30. The molecule has 0 bridgehead atoms. The van der Waals surface area contributed by atoms with Crippen LogP contribution in [-0.2, 0) is 4.79 Å². The van der Waals surface area contributed by atoms with E-state index in [4.69, 9.17) is 16.1 Å². The molecule has 1 saturated heterocycles. The molecule has 0 spiro atoms. The Morgan fingerprint density at radius 2 is 1.81 bits per heavy atom. The first-order chi connectivity index (χ1) is 12.5. The Morgan fingerprint density at radius 1 is 1.12 bits per heavy atom. The van der Waals surface area contributed by atoms with Gasteiger partial charge in [-0.2, -0.15) is 4.98 Å². The van der Waals surface area contributed by atoms with E-state index in [0.29, 0.717) is 29.7 Å². The summed E-state index contributed by atoms with van der Waals surface area (Å²) in [5, 5.41) is 4.77. The lowest BCUT2D eigenvalue weighted by atomic mass is 10.1. The van der Waals surface area contributed by atoms with E-state index in [0.717, 1.165) is 22.4 Å². The van der Waals surface area contributed by atoms with Crippen LogP contribution in [0.15, 0.2) is 47.0 Å². The molecule has 1 fully saturated rings. The fourth-order valence-corrected chi connectivity index (χ4v) is 3.49. The molecule has 5 nitrogen and oxygen atoms in total. The smallest absolute Gasteiger partial charge is 0.257 e. The average molecular weight is 368 g/mol. The van der Waals surface area contributed by atoms with Crippen molar-refractivity contribution in [1.29, 1.82) is 0 Å². The van der Waals surface area contributed by atoms with Crippen molar-refractivity contribution in [1.82, 2.24) is 10.1 Å². The van der Waals surface area contributed by atoms with Crippen LogP contribution >= 0.6 is 11.6 Å². The van der Waals surface area contributed by atoms with Gasteiger partial charge in [-0.1, -0.05) is 34.0 Å². The fourth-order valence-electron chi connectivity index (χ4n) is 3.37. The van der Waals surface area contributed by atoms with E-state index in [1.165, 1.54) is 0 Å². The van der Waals surface area contributed by atoms with Crippen LogP contribution in [0.25, 0.3) is 11.5 Å². The highest BCUT2D eigenvalue weighted by atomic mass is 35.5. The molecule has 1 unspecified atom stereocenters. The summed E-state index contributed by atoms with van der Waals surface area (Å²) in [4.78, 5) is 18.7. The minimum absolute atomic E-state index is 0.0510. The highest BCUT2D eigenvalue weighted by Gasteiger charge is 2.34. The van der Waals surface area contributed by atoms with E-state index >= 15 is 0 Å². The van der Waals surface area contributed by atoms with Gasteiger partial charge in [0.2, 0.25) is 5.91 Å². The Bertz CT molecular complexity index is 945.